The van der Waals surface area contributed by atoms with Crippen LogP contribution < -0.4 is 10.6 Å². The van der Waals surface area contributed by atoms with Gasteiger partial charge < -0.3 is 20.6 Å². The van der Waals surface area contributed by atoms with Crippen molar-refractivity contribution in [2.75, 3.05) is 26.2 Å². The molecule has 1 atom stereocenters. The molecule has 0 bridgehead atoms. The van der Waals surface area contributed by atoms with Gasteiger partial charge in [-0.25, -0.2) is 4.79 Å². The summed E-state index contributed by atoms with van der Waals surface area (Å²) in [6.07, 6.45) is -5.38. The second kappa shape index (κ2) is 7.52. The van der Waals surface area contributed by atoms with Crippen molar-refractivity contribution in [1.82, 2.24) is 15.5 Å². The first-order valence-electron chi connectivity index (χ1n) is 7.42. The highest BCUT2D eigenvalue weighted by atomic mass is 19.4. The number of hydrogen-bond donors (Lipinski definition) is 3. The first-order valence-corrected chi connectivity index (χ1v) is 7.42. The smallest absolute Gasteiger partial charge is 0.387 e. The highest BCUT2D eigenvalue weighted by molar-refractivity contribution is 5.84. The zero-order valence-corrected chi connectivity index (χ0v) is 12.8. The fourth-order valence-electron chi connectivity index (χ4n) is 2.42. The molecule has 1 aromatic carbocycles. The zero-order valence-electron chi connectivity index (χ0n) is 12.8. The average Bonchev–Trinajstić information content (AvgIpc) is 2.54. The van der Waals surface area contributed by atoms with Gasteiger partial charge in [-0.15, -0.1) is 0 Å². The van der Waals surface area contributed by atoms with Gasteiger partial charge in [0.05, 0.1) is 11.7 Å². The summed E-state index contributed by atoms with van der Waals surface area (Å²) in [4.78, 5) is 24.6. The number of amides is 3. The molecule has 0 unspecified atom stereocenters. The fraction of sp³-hybridized carbons (Fsp3) is 0.467. The highest BCUT2D eigenvalue weighted by Gasteiger charge is 2.34. The molecule has 24 heavy (non-hydrogen) atoms. The van der Waals surface area contributed by atoms with Gasteiger partial charge in [0.1, 0.15) is 6.54 Å². The van der Waals surface area contributed by atoms with Crippen LogP contribution in [0.2, 0.25) is 0 Å². The minimum Gasteiger partial charge on any atom is -0.387 e. The molecular formula is C15H18F3N3O3. The van der Waals surface area contributed by atoms with E-state index in [-0.39, 0.29) is 24.7 Å². The van der Waals surface area contributed by atoms with E-state index in [2.05, 4.69) is 10.6 Å². The van der Waals surface area contributed by atoms with Crippen LogP contribution in [0.15, 0.2) is 24.3 Å². The molecule has 0 radical (unpaired) electrons. The average molecular weight is 345 g/mol. The third kappa shape index (κ3) is 4.60. The first-order chi connectivity index (χ1) is 11.3. The Morgan fingerprint density at radius 2 is 2.08 bits per heavy atom. The number of nitrogens with zero attached hydrogens (tertiary/aromatic N) is 1. The lowest BCUT2D eigenvalue weighted by molar-refractivity contribution is -0.139. The number of aliphatic hydroxyl groups excluding tert-OH is 1. The lowest BCUT2D eigenvalue weighted by Crippen LogP contribution is -2.50. The number of hydrogen-bond acceptors (Lipinski definition) is 3. The molecule has 1 heterocycles. The van der Waals surface area contributed by atoms with Crippen molar-refractivity contribution in [2.24, 2.45) is 0 Å². The number of nitrogens with one attached hydrogen (secondary N) is 2. The van der Waals surface area contributed by atoms with Crippen LogP contribution >= 0.6 is 0 Å². The standard InChI is InChI=1S/C15H18F3N3O3/c16-15(17,18)11-5-2-1-4-10(11)12(22)8-20-13(23)9-21-7-3-6-19-14(21)24/h1-2,4-5,12,22H,3,6-9H2,(H,19,24)(H,20,23)/t12-/m1/s1. The molecule has 0 aliphatic carbocycles. The molecule has 6 nitrogen and oxygen atoms in total. The van der Waals surface area contributed by atoms with E-state index in [1.165, 1.54) is 17.0 Å². The van der Waals surface area contributed by atoms with Gasteiger partial charge in [0.25, 0.3) is 0 Å². The minimum atomic E-state index is -4.59. The fourth-order valence-corrected chi connectivity index (χ4v) is 2.42. The molecule has 1 saturated heterocycles. The van der Waals surface area contributed by atoms with E-state index in [1.807, 2.05) is 0 Å². The summed E-state index contributed by atoms with van der Waals surface area (Å²) < 4.78 is 38.7. The van der Waals surface area contributed by atoms with E-state index in [9.17, 15) is 27.9 Å². The Hall–Kier alpha value is -2.29. The molecule has 0 aromatic heterocycles. The molecular weight excluding hydrogens is 327 g/mol. The Morgan fingerprint density at radius 3 is 2.75 bits per heavy atom. The van der Waals surface area contributed by atoms with Crippen LogP contribution in [0.1, 0.15) is 23.7 Å². The lowest BCUT2D eigenvalue weighted by Gasteiger charge is -2.27. The van der Waals surface area contributed by atoms with Crippen molar-refractivity contribution in [3.05, 3.63) is 35.4 Å². The number of carbonyl (C=O) groups is 2. The largest absolute Gasteiger partial charge is 0.416 e. The van der Waals surface area contributed by atoms with Crippen LogP contribution in [0.5, 0.6) is 0 Å². The second-order valence-electron chi connectivity index (χ2n) is 5.41. The Kier molecular flexibility index (Phi) is 5.66. The highest BCUT2D eigenvalue weighted by Crippen LogP contribution is 2.34. The third-order valence-electron chi connectivity index (χ3n) is 3.62. The number of urea groups is 1. The van der Waals surface area contributed by atoms with E-state index in [0.29, 0.717) is 19.5 Å². The second-order valence-corrected chi connectivity index (χ2v) is 5.41. The molecule has 1 aromatic rings. The van der Waals surface area contributed by atoms with Crippen LogP contribution in [0.3, 0.4) is 0 Å². The number of alkyl halides is 3. The molecule has 3 N–H and O–H groups in total. The Bertz CT molecular complexity index is 607. The Labute approximate surface area is 136 Å². The van der Waals surface area contributed by atoms with Gasteiger partial charge in [-0.1, -0.05) is 18.2 Å². The van der Waals surface area contributed by atoms with E-state index >= 15 is 0 Å². The summed E-state index contributed by atoms with van der Waals surface area (Å²) in [5.74, 6) is -0.546. The van der Waals surface area contributed by atoms with Crippen molar-refractivity contribution in [3.63, 3.8) is 0 Å². The predicted octanol–water partition coefficient (Wildman–Crippen LogP) is 1.27. The van der Waals surface area contributed by atoms with Crippen LogP contribution in [0, 0.1) is 0 Å². The summed E-state index contributed by atoms with van der Waals surface area (Å²) in [7, 11) is 0. The third-order valence-corrected chi connectivity index (χ3v) is 3.62. The van der Waals surface area contributed by atoms with Crippen molar-refractivity contribution in [1.29, 1.82) is 0 Å². The van der Waals surface area contributed by atoms with Gasteiger partial charge in [0.2, 0.25) is 5.91 Å². The van der Waals surface area contributed by atoms with Gasteiger partial charge in [0, 0.05) is 19.6 Å². The first kappa shape index (κ1) is 18.1. The maximum atomic E-state index is 12.9. The van der Waals surface area contributed by atoms with E-state index in [0.717, 1.165) is 12.1 Å². The maximum Gasteiger partial charge on any atom is 0.416 e. The Morgan fingerprint density at radius 1 is 1.38 bits per heavy atom. The molecule has 9 heteroatoms. The molecule has 1 fully saturated rings. The lowest BCUT2D eigenvalue weighted by atomic mass is 10.0. The van der Waals surface area contributed by atoms with Crippen LogP contribution in [-0.4, -0.2) is 48.1 Å². The van der Waals surface area contributed by atoms with Gasteiger partial charge in [-0.3, -0.25) is 4.79 Å². The van der Waals surface area contributed by atoms with E-state index in [4.69, 9.17) is 0 Å². The van der Waals surface area contributed by atoms with Gasteiger partial charge in [-0.2, -0.15) is 13.2 Å². The number of carbonyl (C=O) groups excluding carboxylic acids is 2. The number of aliphatic hydroxyl groups is 1. The van der Waals surface area contributed by atoms with Crippen LogP contribution in [0.4, 0.5) is 18.0 Å². The normalized spacial score (nSPS) is 16.5. The summed E-state index contributed by atoms with van der Waals surface area (Å²) >= 11 is 0. The topological polar surface area (TPSA) is 81.7 Å². The molecule has 3 amide bonds. The van der Waals surface area contributed by atoms with Crippen molar-refractivity contribution >= 4 is 11.9 Å². The molecule has 1 aliphatic rings. The minimum absolute atomic E-state index is 0.209. The zero-order chi connectivity index (χ0) is 17.7. The van der Waals surface area contributed by atoms with Crippen LogP contribution in [-0.2, 0) is 11.0 Å². The van der Waals surface area contributed by atoms with Crippen molar-refractivity contribution in [3.8, 4) is 0 Å². The molecule has 2 rings (SSSR count). The van der Waals surface area contributed by atoms with Crippen molar-refractivity contribution < 1.29 is 27.9 Å². The summed E-state index contributed by atoms with van der Waals surface area (Å²) in [5, 5.41) is 14.9. The van der Waals surface area contributed by atoms with Gasteiger partial charge >= 0.3 is 12.2 Å². The number of rotatable bonds is 5. The van der Waals surface area contributed by atoms with Gasteiger partial charge in [0.15, 0.2) is 0 Å². The molecule has 1 aliphatic heterocycles. The SMILES string of the molecule is O=C(CN1CCCNC1=O)NC[C@@H](O)c1ccccc1C(F)(F)F. The van der Waals surface area contributed by atoms with Crippen molar-refractivity contribution in [2.45, 2.75) is 18.7 Å². The molecule has 0 spiro atoms. The van der Waals surface area contributed by atoms with E-state index < -0.39 is 23.8 Å². The summed E-state index contributed by atoms with van der Waals surface area (Å²) in [6, 6.07) is 4.29. The van der Waals surface area contributed by atoms with Crippen LogP contribution in [0.25, 0.3) is 0 Å². The Balaban J connectivity index is 1.92. The molecule has 0 saturated carbocycles. The quantitative estimate of drug-likeness (QED) is 0.752. The number of benzene rings is 1. The van der Waals surface area contributed by atoms with Gasteiger partial charge in [-0.05, 0) is 18.1 Å². The van der Waals surface area contributed by atoms with E-state index in [1.54, 1.807) is 0 Å². The maximum absolute atomic E-state index is 12.9. The monoisotopic (exact) mass is 345 g/mol. The number of halogens is 3. The predicted molar refractivity (Wildman–Crippen MR) is 79.0 cm³/mol. The summed E-state index contributed by atoms with van der Waals surface area (Å²) in [6.45, 7) is 0.392. The molecule has 132 valence electrons. The summed E-state index contributed by atoms with van der Waals surface area (Å²) in [5.41, 5.74) is -1.25.